The number of methoxy groups -OCH3 is 1. The van der Waals surface area contributed by atoms with Crippen LogP contribution in [0.25, 0.3) is 5.69 Å². The largest absolute Gasteiger partial charge is 0.478 e. The molecule has 1 aliphatic carbocycles. The highest BCUT2D eigenvalue weighted by molar-refractivity contribution is 7.99. The van der Waals surface area contributed by atoms with Gasteiger partial charge in [0.2, 0.25) is 0 Å². The van der Waals surface area contributed by atoms with Gasteiger partial charge in [-0.1, -0.05) is 6.58 Å². The molecule has 0 spiro atoms. The van der Waals surface area contributed by atoms with Crippen molar-refractivity contribution in [3.63, 3.8) is 0 Å². The van der Waals surface area contributed by atoms with E-state index in [2.05, 4.69) is 16.7 Å². The van der Waals surface area contributed by atoms with E-state index in [1.165, 1.54) is 0 Å². The number of thioether (sulfide) groups is 1. The summed E-state index contributed by atoms with van der Waals surface area (Å²) in [6, 6.07) is 3.74. The number of hydrogen-bond donors (Lipinski definition) is 0. The van der Waals surface area contributed by atoms with E-state index in [-0.39, 0.29) is 6.42 Å². The highest BCUT2D eigenvalue weighted by atomic mass is 32.2. The quantitative estimate of drug-likeness (QED) is 0.615. The average Bonchev–Trinajstić information content (AvgIpc) is 3.06. The van der Waals surface area contributed by atoms with Crippen molar-refractivity contribution in [1.29, 1.82) is 0 Å². The number of nitrogens with zero attached hydrogens (tertiary/aromatic N) is 4. The summed E-state index contributed by atoms with van der Waals surface area (Å²) in [6.07, 6.45) is 6.02. The lowest BCUT2D eigenvalue weighted by molar-refractivity contribution is 0.103. The van der Waals surface area contributed by atoms with Crippen LogP contribution >= 0.6 is 11.8 Å². The van der Waals surface area contributed by atoms with Crippen molar-refractivity contribution in [3.05, 3.63) is 43.0 Å². The lowest BCUT2D eigenvalue weighted by Gasteiger charge is -2.20. The Morgan fingerprint density at radius 3 is 2.92 bits per heavy atom. The first kappa shape index (κ1) is 18.7. The Labute approximate surface area is 156 Å². The van der Waals surface area contributed by atoms with Gasteiger partial charge in [0.25, 0.3) is 11.8 Å². The Balaban J connectivity index is 1.58. The zero-order valence-corrected chi connectivity index (χ0v) is 15.7. The van der Waals surface area contributed by atoms with Crippen LogP contribution in [0, 0.1) is 5.92 Å². The highest BCUT2D eigenvalue weighted by Gasteiger charge is 2.56. The molecule has 1 fully saturated rings. The minimum Gasteiger partial charge on any atom is -0.478 e. The average molecular weight is 380 g/mol. The Bertz CT molecular complexity index is 766. The molecule has 0 saturated heterocycles. The van der Waals surface area contributed by atoms with Crippen LogP contribution in [-0.4, -0.2) is 46.4 Å². The fourth-order valence-electron chi connectivity index (χ4n) is 2.55. The van der Waals surface area contributed by atoms with Gasteiger partial charge in [0.05, 0.1) is 25.2 Å². The first-order valence-electron chi connectivity index (χ1n) is 8.33. The van der Waals surface area contributed by atoms with Gasteiger partial charge in [-0.05, 0) is 24.3 Å². The van der Waals surface area contributed by atoms with Gasteiger partial charge in [-0.15, -0.1) is 5.10 Å². The van der Waals surface area contributed by atoms with Crippen molar-refractivity contribution >= 4 is 17.4 Å². The maximum atomic E-state index is 12.9. The van der Waals surface area contributed by atoms with Crippen molar-refractivity contribution in [2.75, 3.05) is 30.6 Å². The summed E-state index contributed by atoms with van der Waals surface area (Å²) >= 11 is 1.55. The smallest absolute Gasteiger partial charge is 0.257 e. The Hall–Kier alpha value is -2.09. The molecule has 0 aromatic carbocycles. The van der Waals surface area contributed by atoms with Gasteiger partial charge in [0.1, 0.15) is 5.69 Å². The molecule has 140 valence electrons. The van der Waals surface area contributed by atoms with Crippen LogP contribution in [-0.2, 0) is 0 Å². The normalized spacial score (nSPS) is 17.8. The highest BCUT2D eigenvalue weighted by Crippen LogP contribution is 2.50. The van der Waals surface area contributed by atoms with Gasteiger partial charge in [0, 0.05) is 37.0 Å². The molecule has 1 unspecified atom stereocenters. The van der Waals surface area contributed by atoms with Gasteiger partial charge in [-0.25, -0.2) is 13.5 Å². The molecule has 3 rings (SSSR count). The van der Waals surface area contributed by atoms with Crippen molar-refractivity contribution in [2.24, 2.45) is 5.92 Å². The second kappa shape index (κ2) is 7.65. The zero-order chi connectivity index (χ0) is 18.7. The summed E-state index contributed by atoms with van der Waals surface area (Å²) < 4.78 is 32.9. The minimum atomic E-state index is -2.44. The number of pyridine rings is 1. The number of allylic oxidation sites excluding steroid dienone is 1. The number of aromatic nitrogens is 3. The molecule has 2 aromatic heterocycles. The molecular formula is C18H22F2N4OS. The van der Waals surface area contributed by atoms with Gasteiger partial charge in [-0.2, -0.15) is 11.8 Å². The molecule has 0 aliphatic heterocycles. The summed E-state index contributed by atoms with van der Waals surface area (Å²) in [4.78, 5) is 6.02. The van der Waals surface area contributed by atoms with E-state index < -0.39 is 11.8 Å². The number of ether oxygens (including phenoxy) is 1. The van der Waals surface area contributed by atoms with E-state index in [1.54, 1.807) is 35.9 Å². The summed E-state index contributed by atoms with van der Waals surface area (Å²) in [5, 5.41) is 4.43. The Morgan fingerprint density at radius 2 is 2.31 bits per heavy atom. The van der Waals surface area contributed by atoms with Crippen molar-refractivity contribution < 1.29 is 13.5 Å². The summed E-state index contributed by atoms with van der Waals surface area (Å²) in [7, 11) is 3.47. The summed E-state index contributed by atoms with van der Waals surface area (Å²) in [5.74, 6) is -1.13. The number of halogens is 2. The second-order valence-electron chi connectivity index (χ2n) is 6.29. The topological polar surface area (TPSA) is 43.2 Å². The first-order chi connectivity index (χ1) is 12.4. The van der Waals surface area contributed by atoms with Crippen LogP contribution in [0.15, 0.2) is 43.0 Å². The molecule has 1 aliphatic rings. The van der Waals surface area contributed by atoms with Gasteiger partial charge < -0.3 is 9.64 Å². The molecule has 0 amide bonds. The van der Waals surface area contributed by atoms with Crippen molar-refractivity contribution in [2.45, 2.75) is 18.8 Å². The summed E-state index contributed by atoms with van der Waals surface area (Å²) in [6.45, 7) is 4.11. The Kier molecular flexibility index (Phi) is 5.50. The van der Waals surface area contributed by atoms with E-state index in [0.29, 0.717) is 18.1 Å². The van der Waals surface area contributed by atoms with Crippen LogP contribution in [0.1, 0.15) is 12.8 Å². The molecule has 2 heterocycles. The third kappa shape index (κ3) is 4.17. The number of hydrogen-bond acceptors (Lipinski definition) is 5. The fraction of sp³-hybridized carbons (Fsp3) is 0.444. The molecule has 8 heteroatoms. The molecule has 26 heavy (non-hydrogen) atoms. The van der Waals surface area contributed by atoms with Crippen LogP contribution in [0.2, 0.25) is 0 Å². The second-order valence-corrected chi connectivity index (χ2v) is 7.44. The maximum absolute atomic E-state index is 12.9. The van der Waals surface area contributed by atoms with Crippen molar-refractivity contribution in [1.82, 2.24) is 14.8 Å². The van der Waals surface area contributed by atoms with Crippen LogP contribution < -0.4 is 9.64 Å². The lowest BCUT2D eigenvalue weighted by atomic mass is 10.3. The fourth-order valence-corrected chi connectivity index (χ4v) is 3.74. The van der Waals surface area contributed by atoms with E-state index in [4.69, 9.17) is 4.74 Å². The van der Waals surface area contributed by atoms with Gasteiger partial charge >= 0.3 is 0 Å². The zero-order valence-electron chi connectivity index (χ0n) is 14.9. The van der Waals surface area contributed by atoms with Crippen LogP contribution in [0.4, 0.5) is 14.5 Å². The van der Waals surface area contributed by atoms with Crippen molar-refractivity contribution in [3.8, 4) is 11.6 Å². The van der Waals surface area contributed by atoms with E-state index in [1.807, 2.05) is 30.3 Å². The SMILES string of the molecule is C=C(CCSCC1CC1(F)F)N(C)c1cn(-c2cccnc2)nc1OC. The summed E-state index contributed by atoms with van der Waals surface area (Å²) in [5.41, 5.74) is 2.50. The van der Waals surface area contributed by atoms with Gasteiger partial charge in [-0.3, -0.25) is 4.98 Å². The first-order valence-corrected chi connectivity index (χ1v) is 9.49. The molecule has 0 bridgehead atoms. The lowest BCUT2D eigenvalue weighted by Crippen LogP contribution is -2.16. The molecule has 0 N–H and O–H groups in total. The monoisotopic (exact) mass is 380 g/mol. The standard InChI is InChI=1S/C18H22F2N4OS/c1-13(6-8-26-12-14-9-18(14,19)20)23(2)16-11-24(22-17(16)25-3)15-5-4-7-21-10-15/h4-5,7,10-11,14H,1,6,8-9,12H2,2-3H3. The van der Waals surface area contributed by atoms with Crippen LogP contribution in [0.5, 0.6) is 5.88 Å². The molecule has 5 nitrogen and oxygen atoms in total. The van der Waals surface area contributed by atoms with E-state index in [0.717, 1.165) is 22.8 Å². The Morgan fingerprint density at radius 1 is 1.54 bits per heavy atom. The number of alkyl halides is 2. The predicted octanol–water partition coefficient (Wildman–Crippen LogP) is 4.00. The van der Waals surface area contributed by atoms with E-state index in [9.17, 15) is 8.78 Å². The molecule has 1 atom stereocenters. The molecule has 0 radical (unpaired) electrons. The predicted molar refractivity (Wildman–Crippen MR) is 100 cm³/mol. The minimum absolute atomic E-state index is 0.0333. The number of rotatable bonds is 9. The molecular weight excluding hydrogens is 358 g/mol. The third-order valence-electron chi connectivity index (χ3n) is 4.41. The van der Waals surface area contributed by atoms with Crippen LogP contribution in [0.3, 0.4) is 0 Å². The molecule has 2 aromatic rings. The maximum Gasteiger partial charge on any atom is 0.257 e. The van der Waals surface area contributed by atoms with E-state index >= 15 is 0 Å². The van der Waals surface area contributed by atoms with Gasteiger partial charge in [0.15, 0.2) is 0 Å². The number of anilines is 1. The third-order valence-corrected chi connectivity index (χ3v) is 5.54. The molecule has 1 saturated carbocycles.